The SMILES string of the molecule is NCc1cc(-c2ccc3c(c2)CCC3)cs1. The predicted octanol–water partition coefficient (Wildman–Crippen LogP) is 3.36. The van der Waals surface area contributed by atoms with Crippen LogP contribution in [0.15, 0.2) is 29.6 Å². The minimum atomic E-state index is 0.648. The molecule has 82 valence electrons. The molecule has 2 aromatic rings. The summed E-state index contributed by atoms with van der Waals surface area (Å²) in [5, 5.41) is 2.21. The van der Waals surface area contributed by atoms with Crippen LogP contribution in [0.1, 0.15) is 22.4 Å². The molecule has 1 nitrogen and oxygen atoms in total. The van der Waals surface area contributed by atoms with Gasteiger partial charge in [-0.25, -0.2) is 0 Å². The van der Waals surface area contributed by atoms with Gasteiger partial charge in [0.05, 0.1) is 0 Å². The quantitative estimate of drug-likeness (QED) is 0.839. The molecule has 16 heavy (non-hydrogen) atoms. The van der Waals surface area contributed by atoms with E-state index in [4.69, 9.17) is 5.73 Å². The second-order valence-corrected chi connectivity index (χ2v) is 5.34. The molecule has 1 aliphatic carbocycles. The number of thiophene rings is 1. The Bertz CT molecular complexity index is 513. The van der Waals surface area contributed by atoms with Crippen molar-refractivity contribution >= 4 is 11.3 Å². The zero-order chi connectivity index (χ0) is 11.0. The standard InChI is InChI=1S/C14H15NS/c15-8-14-7-13(9-16-14)12-5-4-10-2-1-3-11(10)6-12/h4-7,9H,1-3,8,15H2. The van der Waals surface area contributed by atoms with Gasteiger partial charge in [0.2, 0.25) is 0 Å². The lowest BCUT2D eigenvalue weighted by Crippen LogP contribution is -1.91. The van der Waals surface area contributed by atoms with Crippen molar-refractivity contribution in [3.63, 3.8) is 0 Å². The van der Waals surface area contributed by atoms with E-state index in [9.17, 15) is 0 Å². The molecule has 1 heterocycles. The average Bonchev–Trinajstić information content (AvgIpc) is 2.96. The van der Waals surface area contributed by atoms with Gasteiger partial charge in [0, 0.05) is 11.4 Å². The molecule has 0 aliphatic heterocycles. The first-order valence-corrected chi connectivity index (χ1v) is 6.64. The van der Waals surface area contributed by atoms with Gasteiger partial charge in [-0.1, -0.05) is 18.2 Å². The normalized spacial score (nSPS) is 14.1. The number of aryl methyl sites for hydroxylation is 2. The first-order chi connectivity index (χ1) is 7.86. The van der Waals surface area contributed by atoms with Crippen molar-refractivity contribution in [3.05, 3.63) is 45.6 Å². The zero-order valence-electron chi connectivity index (χ0n) is 9.20. The maximum Gasteiger partial charge on any atom is 0.0274 e. The molecular formula is C14H15NS. The Balaban J connectivity index is 2.00. The summed E-state index contributed by atoms with van der Waals surface area (Å²) in [6.07, 6.45) is 3.82. The first kappa shape index (κ1) is 10.1. The van der Waals surface area contributed by atoms with Crippen LogP contribution in [0.3, 0.4) is 0 Å². The third-order valence-electron chi connectivity index (χ3n) is 3.29. The second kappa shape index (κ2) is 4.04. The number of nitrogens with two attached hydrogens (primary N) is 1. The van der Waals surface area contributed by atoms with Crippen LogP contribution < -0.4 is 5.73 Å². The molecular weight excluding hydrogens is 214 g/mol. The van der Waals surface area contributed by atoms with Crippen LogP contribution >= 0.6 is 11.3 Å². The van der Waals surface area contributed by atoms with E-state index < -0.39 is 0 Å². The number of fused-ring (bicyclic) bond motifs is 1. The molecule has 0 fully saturated rings. The molecule has 2 N–H and O–H groups in total. The average molecular weight is 229 g/mol. The third kappa shape index (κ3) is 1.68. The van der Waals surface area contributed by atoms with Crippen molar-refractivity contribution in [2.24, 2.45) is 5.73 Å². The molecule has 0 saturated heterocycles. The number of rotatable bonds is 2. The van der Waals surface area contributed by atoms with Crippen LogP contribution in [0.4, 0.5) is 0 Å². The fraction of sp³-hybridized carbons (Fsp3) is 0.286. The Morgan fingerprint density at radius 1 is 1.06 bits per heavy atom. The van der Waals surface area contributed by atoms with E-state index in [0.29, 0.717) is 6.54 Å². The summed E-state index contributed by atoms with van der Waals surface area (Å²) in [5.74, 6) is 0. The highest BCUT2D eigenvalue weighted by Gasteiger charge is 2.11. The lowest BCUT2D eigenvalue weighted by atomic mass is 10.0. The first-order valence-electron chi connectivity index (χ1n) is 5.76. The third-order valence-corrected chi connectivity index (χ3v) is 4.25. The monoisotopic (exact) mass is 229 g/mol. The van der Waals surface area contributed by atoms with E-state index in [1.54, 1.807) is 11.3 Å². The Hall–Kier alpha value is -1.12. The van der Waals surface area contributed by atoms with E-state index in [1.165, 1.54) is 46.4 Å². The minimum Gasteiger partial charge on any atom is -0.326 e. The van der Waals surface area contributed by atoms with Gasteiger partial charge in [-0.2, -0.15) is 0 Å². The van der Waals surface area contributed by atoms with Gasteiger partial charge < -0.3 is 5.73 Å². The summed E-state index contributed by atoms with van der Waals surface area (Å²) in [6.45, 7) is 0.648. The maximum atomic E-state index is 5.64. The van der Waals surface area contributed by atoms with Gasteiger partial charge >= 0.3 is 0 Å². The van der Waals surface area contributed by atoms with Crippen molar-refractivity contribution in [1.29, 1.82) is 0 Å². The van der Waals surface area contributed by atoms with Crippen molar-refractivity contribution < 1.29 is 0 Å². The molecule has 2 heteroatoms. The largest absolute Gasteiger partial charge is 0.326 e. The zero-order valence-corrected chi connectivity index (χ0v) is 10.0. The van der Waals surface area contributed by atoms with Gasteiger partial charge in [0.25, 0.3) is 0 Å². The summed E-state index contributed by atoms with van der Waals surface area (Å²) in [4.78, 5) is 1.26. The Kier molecular flexibility index (Phi) is 2.54. The van der Waals surface area contributed by atoms with Crippen molar-refractivity contribution in [3.8, 4) is 11.1 Å². The van der Waals surface area contributed by atoms with Gasteiger partial charge in [0.1, 0.15) is 0 Å². The van der Waals surface area contributed by atoms with Crippen molar-refractivity contribution in [1.82, 2.24) is 0 Å². The Morgan fingerprint density at radius 2 is 1.94 bits per heavy atom. The van der Waals surface area contributed by atoms with Gasteiger partial charge in [-0.15, -0.1) is 11.3 Å². The molecule has 0 bridgehead atoms. The number of hydrogen-bond acceptors (Lipinski definition) is 2. The fourth-order valence-electron chi connectivity index (χ4n) is 2.39. The topological polar surface area (TPSA) is 26.0 Å². The lowest BCUT2D eigenvalue weighted by molar-refractivity contribution is 0.912. The summed E-state index contributed by atoms with van der Waals surface area (Å²) in [6, 6.07) is 9.09. The van der Waals surface area contributed by atoms with Crippen LogP contribution in [0.2, 0.25) is 0 Å². The number of benzene rings is 1. The van der Waals surface area contributed by atoms with E-state index in [1.807, 2.05) is 0 Å². The van der Waals surface area contributed by atoms with Crippen LogP contribution in [0.5, 0.6) is 0 Å². The fourth-order valence-corrected chi connectivity index (χ4v) is 3.16. The Labute approximate surface area is 99.9 Å². The summed E-state index contributed by atoms with van der Waals surface area (Å²) < 4.78 is 0. The summed E-state index contributed by atoms with van der Waals surface area (Å²) in [5.41, 5.74) is 11.4. The van der Waals surface area contributed by atoms with Crippen LogP contribution in [-0.2, 0) is 19.4 Å². The van der Waals surface area contributed by atoms with E-state index in [2.05, 4.69) is 29.6 Å². The molecule has 1 aromatic carbocycles. The highest BCUT2D eigenvalue weighted by molar-refractivity contribution is 7.10. The van der Waals surface area contributed by atoms with E-state index in [-0.39, 0.29) is 0 Å². The Morgan fingerprint density at radius 3 is 2.75 bits per heavy atom. The van der Waals surface area contributed by atoms with E-state index >= 15 is 0 Å². The van der Waals surface area contributed by atoms with Crippen LogP contribution in [-0.4, -0.2) is 0 Å². The molecule has 0 atom stereocenters. The molecule has 0 spiro atoms. The van der Waals surface area contributed by atoms with Gasteiger partial charge in [0.15, 0.2) is 0 Å². The minimum absolute atomic E-state index is 0.648. The van der Waals surface area contributed by atoms with E-state index in [0.717, 1.165) is 0 Å². The molecule has 1 aliphatic rings. The summed E-state index contributed by atoms with van der Waals surface area (Å²) >= 11 is 1.75. The molecule has 3 rings (SSSR count). The smallest absolute Gasteiger partial charge is 0.0274 e. The van der Waals surface area contributed by atoms with Crippen molar-refractivity contribution in [2.75, 3.05) is 0 Å². The van der Waals surface area contributed by atoms with Crippen LogP contribution in [0.25, 0.3) is 11.1 Å². The maximum absolute atomic E-state index is 5.64. The number of hydrogen-bond donors (Lipinski definition) is 1. The molecule has 0 amide bonds. The highest BCUT2D eigenvalue weighted by atomic mass is 32.1. The lowest BCUT2D eigenvalue weighted by Gasteiger charge is -2.02. The molecule has 0 unspecified atom stereocenters. The molecule has 1 aromatic heterocycles. The molecule has 0 saturated carbocycles. The van der Waals surface area contributed by atoms with Gasteiger partial charge in [-0.3, -0.25) is 0 Å². The predicted molar refractivity (Wildman–Crippen MR) is 69.7 cm³/mol. The van der Waals surface area contributed by atoms with Gasteiger partial charge in [-0.05, 0) is 53.0 Å². The summed E-state index contributed by atoms with van der Waals surface area (Å²) in [7, 11) is 0. The second-order valence-electron chi connectivity index (χ2n) is 4.34. The molecule has 0 radical (unpaired) electrons. The van der Waals surface area contributed by atoms with Crippen molar-refractivity contribution in [2.45, 2.75) is 25.8 Å². The highest BCUT2D eigenvalue weighted by Crippen LogP contribution is 2.30. The van der Waals surface area contributed by atoms with Crippen LogP contribution in [0, 0.1) is 0 Å².